The maximum atomic E-state index is 9.65. The van der Waals surface area contributed by atoms with Gasteiger partial charge in [-0.3, -0.25) is 0 Å². The SMILES string of the molecule is CC1CN(CCC(C)(C)C(N)=NO)CCC1O. The van der Waals surface area contributed by atoms with Crippen LogP contribution in [0.1, 0.15) is 33.6 Å². The van der Waals surface area contributed by atoms with Gasteiger partial charge in [0.1, 0.15) is 5.84 Å². The predicted octanol–water partition coefficient (Wildman–Crippen LogP) is 0.852. The zero-order valence-corrected chi connectivity index (χ0v) is 11.1. The molecule has 17 heavy (non-hydrogen) atoms. The fourth-order valence-corrected chi connectivity index (χ4v) is 2.12. The molecule has 0 aromatic rings. The highest BCUT2D eigenvalue weighted by Crippen LogP contribution is 2.23. The Morgan fingerprint density at radius 1 is 1.53 bits per heavy atom. The normalized spacial score (nSPS) is 28.4. The Hall–Kier alpha value is -0.810. The lowest BCUT2D eigenvalue weighted by Gasteiger charge is -2.36. The number of aliphatic hydroxyl groups is 1. The van der Waals surface area contributed by atoms with Crippen LogP contribution in [0.5, 0.6) is 0 Å². The highest BCUT2D eigenvalue weighted by Gasteiger charge is 2.28. The number of aliphatic hydroxyl groups excluding tert-OH is 1. The van der Waals surface area contributed by atoms with E-state index in [0.29, 0.717) is 5.92 Å². The van der Waals surface area contributed by atoms with E-state index in [1.54, 1.807) is 0 Å². The summed E-state index contributed by atoms with van der Waals surface area (Å²) in [6.45, 7) is 8.80. The Kier molecular flexibility index (Phi) is 4.77. The molecule has 0 spiro atoms. The van der Waals surface area contributed by atoms with Crippen molar-refractivity contribution in [2.75, 3.05) is 19.6 Å². The average Bonchev–Trinajstić information content (AvgIpc) is 2.29. The molecule has 5 heteroatoms. The topological polar surface area (TPSA) is 82.1 Å². The molecule has 1 aliphatic heterocycles. The zero-order valence-electron chi connectivity index (χ0n) is 11.1. The molecule has 100 valence electrons. The van der Waals surface area contributed by atoms with Crippen LogP contribution in [0, 0.1) is 11.3 Å². The van der Waals surface area contributed by atoms with Crippen molar-refractivity contribution in [2.45, 2.75) is 39.7 Å². The van der Waals surface area contributed by atoms with Crippen LogP contribution in [0.4, 0.5) is 0 Å². The van der Waals surface area contributed by atoms with Crippen molar-refractivity contribution < 1.29 is 10.3 Å². The molecule has 0 saturated carbocycles. The summed E-state index contributed by atoms with van der Waals surface area (Å²) in [6, 6.07) is 0. The first-order valence-corrected chi connectivity index (χ1v) is 6.25. The van der Waals surface area contributed by atoms with Gasteiger partial charge in [-0.2, -0.15) is 0 Å². The molecule has 5 nitrogen and oxygen atoms in total. The maximum absolute atomic E-state index is 9.65. The number of nitrogens with two attached hydrogens (primary N) is 1. The first-order chi connectivity index (χ1) is 7.86. The number of piperidine rings is 1. The van der Waals surface area contributed by atoms with Crippen LogP contribution in [0.2, 0.25) is 0 Å². The van der Waals surface area contributed by atoms with Crippen LogP contribution < -0.4 is 5.73 Å². The minimum Gasteiger partial charge on any atom is -0.409 e. The second-order valence-corrected chi connectivity index (χ2v) is 5.75. The van der Waals surface area contributed by atoms with Gasteiger partial charge >= 0.3 is 0 Å². The molecule has 2 atom stereocenters. The molecule has 0 bridgehead atoms. The van der Waals surface area contributed by atoms with E-state index in [1.165, 1.54) is 0 Å². The lowest BCUT2D eigenvalue weighted by Crippen LogP contribution is -2.44. The Morgan fingerprint density at radius 2 is 2.18 bits per heavy atom. The average molecular weight is 243 g/mol. The molecule has 1 rings (SSSR count). The van der Waals surface area contributed by atoms with Crippen molar-refractivity contribution in [1.29, 1.82) is 0 Å². The second-order valence-electron chi connectivity index (χ2n) is 5.75. The first-order valence-electron chi connectivity index (χ1n) is 6.25. The third-order valence-corrected chi connectivity index (χ3v) is 3.80. The molecule has 1 saturated heterocycles. The molecule has 0 aliphatic carbocycles. The standard InChI is InChI=1S/C12H25N3O2/c1-9-8-15(6-4-10(9)16)7-5-12(2,3)11(13)14-17/h9-10,16-17H,4-8H2,1-3H3,(H2,13,14). The lowest BCUT2D eigenvalue weighted by molar-refractivity contribution is 0.0325. The molecular weight excluding hydrogens is 218 g/mol. The minimum atomic E-state index is -0.284. The monoisotopic (exact) mass is 243 g/mol. The van der Waals surface area contributed by atoms with Crippen molar-refractivity contribution in [1.82, 2.24) is 4.90 Å². The van der Waals surface area contributed by atoms with Gasteiger partial charge in [0.05, 0.1) is 6.10 Å². The Labute approximate surface area is 103 Å². The van der Waals surface area contributed by atoms with Crippen molar-refractivity contribution in [3.63, 3.8) is 0 Å². The highest BCUT2D eigenvalue weighted by atomic mass is 16.4. The first kappa shape index (κ1) is 14.3. The van der Waals surface area contributed by atoms with Gasteiger partial charge in [-0.1, -0.05) is 25.9 Å². The molecule has 2 unspecified atom stereocenters. The van der Waals surface area contributed by atoms with Crippen molar-refractivity contribution in [3.8, 4) is 0 Å². The molecule has 0 radical (unpaired) electrons. The maximum Gasteiger partial charge on any atom is 0.144 e. The van der Waals surface area contributed by atoms with Crippen LogP contribution in [0.15, 0.2) is 5.16 Å². The van der Waals surface area contributed by atoms with E-state index in [2.05, 4.69) is 17.0 Å². The van der Waals surface area contributed by atoms with E-state index in [1.807, 2.05) is 13.8 Å². The second kappa shape index (κ2) is 5.69. The molecular formula is C12H25N3O2. The summed E-state index contributed by atoms with van der Waals surface area (Å²) in [5.41, 5.74) is 5.37. The van der Waals surface area contributed by atoms with Gasteiger partial charge in [-0.25, -0.2) is 0 Å². The number of likely N-dealkylation sites (tertiary alicyclic amines) is 1. The van der Waals surface area contributed by atoms with Crippen molar-refractivity contribution in [3.05, 3.63) is 0 Å². The van der Waals surface area contributed by atoms with Gasteiger partial charge in [0.15, 0.2) is 0 Å². The number of oxime groups is 1. The summed E-state index contributed by atoms with van der Waals surface area (Å²) in [7, 11) is 0. The fraction of sp³-hybridized carbons (Fsp3) is 0.917. The molecule has 1 heterocycles. The summed E-state index contributed by atoms with van der Waals surface area (Å²) >= 11 is 0. The number of rotatable bonds is 4. The Balaban J connectivity index is 2.41. The van der Waals surface area contributed by atoms with Gasteiger partial charge in [0, 0.05) is 18.5 Å². The number of hydrogen-bond donors (Lipinski definition) is 3. The van der Waals surface area contributed by atoms with Gasteiger partial charge in [-0.15, -0.1) is 0 Å². The number of nitrogens with zero attached hydrogens (tertiary/aromatic N) is 2. The molecule has 1 aliphatic rings. The van der Waals surface area contributed by atoms with Gasteiger partial charge in [-0.05, 0) is 25.3 Å². The molecule has 4 N–H and O–H groups in total. The largest absolute Gasteiger partial charge is 0.409 e. The summed E-state index contributed by atoms with van der Waals surface area (Å²) in [4.78, 5) is 2.34. The molecule has 0 amide bonds. The van der Waals surface area contributed by atoms with Crippen LogP contribution >= 0.6 is 0 Å². The van der Waals surface area contributed by atoms with Gasteiger partial charge in [0.2, 0.25) is 0 Å². The quantitative estimate of drug-likeness (QED) is 0.296. The van der Waals surface area contributed by atoms with Crippen molar-refractivity contribution in [2.24, 2.45) is 22.2 Å². The van der Waals surface area contributed by atoms with E-state index < -0.39 is 0 Å². The zero-order chi connectivity index (χ0) is 13.1. The van der Waals surface area contributed by atoms with E-state index in [-0.39, 0.29) is 17.4 Å². The smallest absolute Gasteiger partial charge is 0.144 e. The van der Waals surface area contributed by atoms with Crippen LogP contribution in [0.25, 0.3) is 0 Å². The summed E-state index contributed by atoms with van der Waals surface area (Å²) in [5.74, 6) is 0.610. The molecule has 0 aromatic heterocycles. The summed E-state index contributed by atoms with van der Waals surface area (Å²) in [5, 5.41) is 21.4. The van der Waals surface area contributed by atoms with Crippen LogP contribution in [-0.2, 0) is 0 Å². The minimum absolute atomic E-state index is 0.164. The van der Waals surface area contributed by atoms with Crippen LogP contribution in [-0.4, -0.2) is 46.8 Å². The predicted molar refractivity (Wildman–Crippen MR) is 68.0 cm³/mol. The number of amidine groups is 1. The summed E-state index contributed by atoms with van der Waals surface area (Å²) < 4.78 is 0. The Bertz CT molecular complexity index is 279. The third-order valence-electron chi connectivity index (χ3n) is 3.80. The van der Waals surface area contributed by atoms with E-state index >= 15 is 0 Å². The number of hydrogen-bond acceptors (Lipinski definition) is 4. The van der Waals surface area contributed by atoms with Crippen LogP contribution in [0.3, 0.4) is 0 Å². The van der Waals surface area contributed by atoms with Crippen molar-refractivity contribution >= 4 is 5.84 Å². The molecule has 1 fully saturated rings. The third kappa shape index (κ3) is 3.85. The Morgan fingerprint density at radius 3 is 2.71 bits per heavy atom. The summed E-state index contributed by atoms with van der Waals surface area (Å²) in [6.07, 6.45) is 1.53. The lowest BCUT2D eigenvalue weighted by atomic mass is 9.87. The van der Waals surface area contributed by atoms with Gasteiger partial charge < -0.3 is 20.9 Å². The molecule has 0 aromatic carbocycles. The van der Waals surface area contributed by atoms with E-state index in [0.717, 1.165) is 32.5 Å². The highest BCUT2D eigenvalue weighted by molar-refractivity contribution is 5.85. The fourth-order valence-electron chi connectivity index (χ4n) is 2.12. The van der Waals surface area contributed by atoms with E-state index in [9.17, 15) is 5.11 Å². The van der Waals surface area contributed by atoms with E-state index in [4.69, 9.17) is 10.9 Å². The van der Waals surface area contributed by atoms with Gasteiger partial charge in [0.25, 0.3) is 0 Å².